The van der Waals surface area contributed by atoms with Crippen LogP contribution in [0.4, 0.5) is 0 Å². The molecule has 1 aromatic carbocycles. The summed E-state index contributed by atoms with van der Waals surface area (Å²) in [6, 6.07) is 8.21. The lowest BCUT2D eigenvalue weighted by molar-refractivity contribution is 0.317. The summed E-state index contributed by atoms with van der Waals surface area (Å²) >= 11 is 0. The Bertz CT molecular complexity index is 367. The van der Waals surface area contributed by atoms with E-state index in [4.69, 9.17) is 16.9 Å². The molecule has 1 atom stereocenters. The van der Waals surface area contributed by atoms with Gasteiger partial charge in [-0.25, -0.2) is 0 Å². The van der Waals surface area contributed by atoms with E-state index in [1.165, 1.54) is 5.56 Å². The van der Waals surface area contributed by atoms with Crippen molar-refractivity contribution in [3.63, 3.8) is 0 Å². The van der Waals surface area contributed by atoms with Crippen LogP contribution in [0.25, 0.3) is 0 Å². The van der Waals surface area contributed by atoms with Gasteiger partial charge in [-0.15, -0.1) is 12.3 Å². The van der Waals surface area contributed by atoms with Gasteiger partial charge in [-0.05, 0) is 24.1 Å². The minimum atomic E-state index is 0.151. The molecule has 0 bridgehead atoms. The Morgan fingerprint density at radius 2 is 2.11 bits per heavy atom. The fourth-order valence-electron chi connectivity index (χ4n) is 1.67. The first kappa shape index (κ1) is 14.6. The molecule has 18 heavy (non-hydrogen) atoms. The second-order valence-corrected chi connectivity index (χ2v) is 4.11. The molecule has 3 heteroatoms. The maximum absolute atomic E-state index is 5.76. The monoisotopic (exact) mass is 246 g/mol. The van der Waals surface area contributed by atoms with E-state index < -0.39 is 0 Å². The van der Waals surface area contributed by atoms with Gasteiger partial charge in [0, 0.05) is 25.6 Å². The Balaban J connectivity index is 2.55. The van der Waals surface area contributed by atoms with Gasteiger partial charge in [-0.3, -0.25) is 0 Å². The Labute approximate surface area is 110 Å². The molecule has 0 aromatic heterocycles. The van der Waals surface area contributed by atoms with Gasteiger partial charge in [0.2, 0.25) is 0 Å². The molecular formula is C15H22N2O. The summed E-state index contributed by atoms with van der Waals surface area (Å²) in [5, 5.41) is 3.34. The molecule has 0 aliphatic rings. The van der Waals surface area contributed by atoms with Crippen LogP contribution in [-0.2, 0) is 0 Å². The van der Waals surface area contributed by atoms with Crippen LogP contribution in [0.2, 0.25) is 0 Å². The lowest BCUT2D eigenvalue weighted by atomic mass is 10.1. The molecule has 0 aliphatic heterocycles. The van der Waals surface area contributed by atoms with Crippen molar-refractivity contribution in [2.24, 2.45) is 5.73 Å². The summed E-state index contributed by atoms with van der Waals surface area (Å²) < 4.78 is 5.54. The van der Waals surface area contributed by atoms with Crippen molar-refractivity contribution in [3.05, 3.63) is 29.8 Å². The van der Waals surface area contributed by atoms with E-state index in [-0.39, 0.29) is 6.04 Å². The molecule has 0 saturated carbocycles. The van der Waals surface area contributed by atoms with Crippen molar-refractivity contribution < 1.29 is 4.74 Å². The predicted molar refractivity (Wildman–Crippen MR) is 75.5 cm³/mol. The second-order valence-electron chi connectivity index (χ2n) is 4.11. The highest BCUT2D eigenvalue weighted by Gasteiger charge is 2.08. The van der Waals surface area contributed by atoms with Crippen LogP contribution >= 0.6 is 0 Å². The average Bonchev–Trinajstić information content (AvgIpc) is 2.42. The van der Waals surface area contributed by atoms with Crippen LogP contribution in [0.1, 0.15) is 31.4 Å². The number of ether oxygens (including phenoxy) is 1. The maximum Gasteiger partial charge on any atom is 0.119 e. The molecule has 0 radical (unpaired) electrons. The first-order chi connectivity index (χ1) is 8.81. The van der Waals surface area contributed by atoms with Crippen LogP contribution in [-0.4, -0.2) is 19.7 Å². The van der Waals surface area contributed by atoms with Crippen molar-refractivity contribution in [1.82, 2.24) is 5.32 Å². The largest absolute Gasteiger partial charge is 0.494 e. The molecule has 0 aliphatic carbocycles. The highest BCUT2D eigenvalue weighted by molar-refractivity contribution is 5.29. The highest BCUT2D eigenvalue weighted by atomic mass is 16.5. The molecule has 0 fully saturated rings. The molecule has 0 saturated heterocycles. The van der Waals surface area contributed by atoms with Crippen molar-refractivity contribution >= 4 is 0 Å². The van der Waals surface area contributed by atoms with E-state index in [1.807, 2.05) is 24.3 Å². The van der Waals surface area contributed by atoms with Crippen molar-refractivity contribution in [1.29, 1.82) is 0 Å². The zero-order valence-corrected chi connectivity index (χ0v) is 11.0. The number of rotatable bonds is 8. The van der Waals surface area contributed by atoms with Crippen LogP contribution in [0.15, 0.2) is 24.3 Å². The van der Waals surface area contributed by atoms with Gasteiger partial charge in [0.25, 0.3) is 0 Å². The zero-order chi connectivity index (χ0) is 13.2. The summed E-state index contributed by atoms with van der Waals surface area (Å²) in [5.41, 5.74) is 6.93. The number of benzene rings is 1. The summed E-state index contributed by atoms with van der Waals surface area (Å²) in [6.07, 6.45) is 6.95. The fourth-order valence-corrected chi connectivity index (χ4v) is 1.67. The number of hydrogen-bond acceptors (Lipinski definition) is 3. The lowest BCUT2D eigenvalue weighted by Crippen LogP contribution is -2.28. The molecular weight excluding hydrogens is 224 g/mol. The van der Waals surface area contributed by atoms with E-state index in [9.17, 15) is 0 Å². The third-order valence-corrected chi connectivity index (χ3v) is 2.65. The summed E-state index contributed by atoms with van der Waals surface area (Å²) in [5.74, 6) is 3.51. The van der Waals surface area contributed by atoms with Crippen molar-refractivity contribution in [3.8, 4) is 18.1 Å². The SMILES string of the molecule is C#CCCNC(CN)c1ccc(OCCC)cc1. The van der Waals surface area contributed by atoms with E-state index in [1.54, 1.807) is 0 Å². The van der Waals surface area contributed by atoms with Gasteiger partial charge >= 0.3 is 0 Å². The summed E-state index contributed by atoms with van der Waals surface area (Å²) in [6.45, 7) is 4.18. The molecule has 1 unspecified atom stereocenters. The molecule has 1 aromatic rings. The minimum absolute atomic E-state index is 0.151. The highest BCUT2D eigenvalue weighted by Crippen LogP contribution is 2.17. The van der Waals surface area contributed by atoms with Crippen LogP contribution in [0.5, 0.6) is 5.75 Å². The van der Waals surface area contributed by atoms with E-state index >= 15 is 0 Å². The standard InChI is InChI=1S/C15H22N2O/c1-3-5-10-17-15(12-16)13-6-8-14(9-7-13)18-11-4-2/h1,6-9,15,17H,4-5,10-12,16H2,2H3. The van der Waals surface area contributed by atoms with Gasteiger partial charge in [0.05, 0.1) is 6.61 Å². The minimum Gasteiger partial charge on any atom is -0.494 e. The van der Waals surface area contributed by atoms with Gasteiger partial charge in [-0.2, -0.15) is 0 Å². The first-order valence-electron chi connectivity index (χ1n) is 6.41. The lowest BCUT2D eigenvalue weighted by Gasteiger charge is -2.17. The third-order valence-electron chi connectivity index (χ3n) is 2.65. The van der Waals surface area contributed by atoms with Gasteiger partial charge in [-0.1, -0.05) is 19.1 Å². The van der Waals surface area contributed by atoms with Crippen molar-refractivity contribution in [2.75, 3.05) is 19.7 Å². The molecule has 0 spiro atoms. The van der Waals surface area contributed by atoms with Crippen molar-refractivity contribution in [2.45, 2.75) is 25.8 Å². The Kier molecular flexibility index (Phi) is 6.93. The first-order valence-corrected chi connectivity index (χ1v) is 6.41. The number of nitrogens with one attached hydrogen (secondary N) is 1. The third kappa shape index (κ3) is 4.79. The molecule has 1 rings (SSSR count). The van der Waals surface area contributed by atoms with E-state index in [0.29, 0.717) is 13.0 Å². The zero-order valence-electron chi connectivity index (χ0n) is 11.0. The molecule has 3 nitrogen and oxygen atoms in total. The quantitative estimate of drug-likeness (QED) is 0.545. The van der Waals surface area contributed by atoms with Crippen LogP contribution in [0, 0.1) is 12.3 Å². The van der Waals surface area contributed by atoms with Gasteiger partial charge in [0.15, 0.2) is 0 Å². The van der Waals surface area contributed by atoms with E-state index in [2.05, 4.69) is 18.2 Å². The Hall–Kier alpha value is -1.50. The smallest absolute Gasteiger partial charge is 0.119 e. The topological polar surface area (TPSA) is 47.3 Å². The molecule has 0 amide bonds. The maximum atomic E-state index is 5.76. The van der Waals surface area contributed by atoms with E-state index in [0.717, 1.165) is 25.3 Å². The second kappa shape index (κ2) is 8.57. The summed E-state index contributed by atoms with van der Waals surface area (Å²) in [7, 11) is 0. The Morgan fingerprint density at radius 1 is 1.39 bits per heavy atom. The average molecular weight is 246 g/mol. The Morgan fingerprint density at radius 3 is 2.67 bits per heavy atom. The van der Waals surface area contributed by atoms with Crippen LogP contribution < -0.4 is 15.8 Å². The fraction of sp³-hybridized carbons (Fsp3) is 0.467. The van der Waals surface area contributed by atoms with Crippen LogP contribution in [0.3, 0.4) is 0 Å². The molecule has 0 heterocycles. The number of hydrogen-bond donors (Lipinski definition) is 2. The van der Waals surface area contributed by atoms with Gasteiger partial charge < -0.3 is 15.8 Å². The molecule has 98 valence electrons. The summed E-state index contributed by atoms with van der Waals surface area (Å²) in [4.78, 5) is 0. The number of nitrogens with two attached hydrogens (primary N) is 1. The number of terminal acetylenes is 1. The van der Waals surface area contributed by atoms with Gasteiger partial charge in [0.1, 0.15) is 5.75 Å². The predicted octanol–water partition coefficient (Wildman–Crippen LogP) is 2.09. The normalized spacial score (nSPS) is 11.8. The molecule has 3 N–H and O–H groups in total.